The molecule has 0 spiro atoms. The molecule has 1 saturated heterocycles. The monoisotopic (exact) mass is 252 g/mol. The van der Waals surface area contributed by atoms with Crippen LogP contribution in [0.15, 0.2) is 35.3 Å². The number of fused-ring (bicyclic) bond motifs is 1. The third-order valence-electron chi connectivity index (χ3n) is 2.71. The summed E-state index contributed by atoms with van der Waals surface area (Å²) in [5, 5.41) is 1.35. The first-order valence-electron chi connectivity index (χ1n) is 4.94. The first-order chi connectivity index (χ1) is 6.93. The Bertz CT molecular complexity index is 361. The van der Waals surface area contributed by atoms with Crippen molar-refractivity contribution >= 4 is 19.7 Å². The van der Waals surface area contributed by atoms with Crippen molar-refractivity contribution in [2.24, 2.45) is 4.99 Å². The Morgan fingerprint density at radius 1 is 1.29 bits per heavy atom. The van der Waals surface area contributed by atoms with Crippen LogP contribution in [0.5, 0.6) is 0 Å². The standard InChI is InChI=1S/C11H12N2Se/c1-2-4-9(5-3-1)10-8-13-6-7-14-11(13)12-10/h1-5,10H,6-8H2. The van der Waals surface area contributed by atoms with Crippen LogP contribution in [0.3, 0.4) is 0 Å². The van der Waals surface area contributed by atoms with Gasteiger partial charge in [-0.1, -0.05) is 0 Å². The van der Waals surface area contributed by atoms with Crippen LogP contribution in [0.1, 0.15) is 11.6 Å². The predicted molar refractivity (Wildman–Crippen MR) is 58.8 cm³/mol. The van der Waals surface area contributed by atoms with Gasteiger partial charge in [0.2, 0.25) is 0 Å². The van der Waals surface area contributed by atoms with E-state index in [1.54, 1.807) is 0 Å². The van der Waals surface area contributed by atoms with Gasteiger partial charge in [0.05, 0.1) is 0 Å². The molecule has 0 amide bonds. The molecule has 0 bridgehead atoms. The number of rotatable bonds is 1. The molecule has 0 N–H and O–H groups in total. The van der Waals surface area contributed by atoms with Crippen molar-refractivity contribution in [2.75, 3.05) is 13.1 Å². The number of hydrogen-bond acceptors (Lipinski definition) is 2. The van der Waals surface area contributed by atoms with Crippen LogP contribution in [-0.2, 0) is 0 Å². The molecule has 2 heterocycles. The Kier molecular flexibility index (Phi) is 2.07. The van der Waals surface area contributed by atoms with Crippen molar-refractivity contribution in [3.63, 3.8) is 0 Å². The fourth-order valence-corrected chi connectivity index (χ4v) is 4.15. The van der Waals surface area contributed by atoms with Crippen molar-refractivity contribution in [1.82, 2.24) is 4.90 Å². The summed E-state index contributed by atoms with van der Waals surface area (Å²) < 4.78 is 1.39. The van der Waals surface area contributed by atoms with E-state index < -0.39 is 0 Å². The van der Waals surface area contributed by atoms with Crippen LogP contribution >= 0.6 is 0 Å². The van der Waals surface area contributed by atoms with Crippen LogP contribution in [0.25, 0.3) is 0 Å². The van der Waals surface area contributed by atoms with Crippen molar-refractivity contribution in [1.29, 1.82) is 0 Å². The second-order valence-corrected chi connectivity index (χ2v) is 5.86. The number of aliphatic imine (C=N–C) groups is 1. The molecule has 3 heteroatoms. The zero-order valence-corrected chi connectivity index (χ0v) is 9.60. The second-order valence-electron chi connectivity index (χ2n) is 3.63. The molecule has 14 heavy (non-hydrogen) atoms. The van der Waals surface area contributed by atoms with E-state index in [1.807, 2.05) is 0 Å². The summed E-state index contributed by atoms with van der Waals surface area (Å²) in [4.78, 5) is 7.25. The summed E-state index contributed by atoms with van der Waals surface area (Å²) in [6, 6.07) is 11.0. The third-order valence-corrected chi connectivity index (χ3v) is 4.82. The van der Waals surface area contributed by atoms with Gasteiger partial charge in [-0.3, -0.25) is 0 Å². The summed E-state index contributed by atoms with van der Waals surface area (Å²) in [7, 11) is 0. The Labute approximate surface area is 90.2 Å². The Morgan fingerprint density at radius 3 is 2.93 bits per heavy atom. The van der Waals surface area contributed by atoms with Gasteiger partial charge in [0.25, 0.3) is 0 Å². The summed E-state index contributed by atoms with van der Waals surface area (Å²) in [5.41, 5.74) is 1.37. The first-order valence-corrected chi connectivity index (χ1v) is 7.01. The van der Waals surface area contributed by atoms with Gasteiger partial charge in [0.15, 0.2) is 0 Å². The number of nitrogens with zero attached hydrogens (tertiary/aromatic N) is 2. The van der Waals surface area contributed by atoms with Gasteiger partial charge in [0, 0.05) is 0 Å². The molecule has 0 radical (unpaired) electrons. The molecule has 2 nitrogen and oxygen atoms in total. The second kappa shape index (κ2) is 3.41. The Morgan fingerprint density at radius 2 is 2.14 bits per heavy atom. The summed E-state index contributed by atoms with van der Waals surface area (Å²) in [5.74, 6) is 0. The normalized spacial score (nSPS) is 25.0. The van der Waals surface area contributed by atoms with E-state index in [2.05, 4.69) is 35.2 Å². The van der Waals surface area contributed by atoms with Crippen molar-refractivity contribution in [2.45, 2.75) is 11.4 Å². The number of amidine groups is 1. The average Bonchev–Trinajstić information content (AvgIpc) is 2.78. The minimum atomic E-state index is 0.411. The van der Waals surface area contributed by atoms with Crippen LogP contribution in [0, 0.1) is 0 Å². The predicted octanol–water partition coefficient (Wildman–Crippen LogP) is 1.54. The zero-order chi connectivity index (χ0) is 9.38. The topological polar surface area (TPSA) is 15.6 Å². The maximum absolute atomic E-state index is 4.79. The van der Waals surface area contributed by atoms with E-state index in [4.69, 9.17) is 4.99 Å². The van der Waals surface area contributed by atoms with Gasteiger partial charge in [-0.2, -0.15) is 0 Å². The zero-order valence-electron chi connectivity index (χ0n) is 7.89. The van der Waals surface area contributed by atoms with E-state index in [0.717, 1.165) is 6.54 Å². The van der Waals surface area contributed by atoms with E-state index in [-0.39, 0.29) is 0 Å². The quantitative estimate of drug-likeness (QED) is 0.691. The molecule has 0 saturated carbocycles. The molecular formula is C11H12N2Se. The van der Waals surface area contributed by atoms with Crippen LogP contribution < -0.4 is 0 Å². The van der Waals surface area contributed by atoms with Crippen molar-refractivity contribution in [3.8, 4) is 0 Å². The Hall–Kier alpha value is -0.791. The minimum absolute atomic E-state index is 0.411. The fraction of sp³-hybridized carbons (Fsp3) is 0.364. The molecule has 72 valence electrons. The number of hydrogen-bond donors (Lipinski definition) is 0. The van der Waals surface area contributed by atoms with Crippen LogP contribution in [0.4, 0.5) is 0 Å². The molecule has 0 aliphatic carbocycles. The molecular weight excluding hydrogens is 239 g/mol. The molecule has 2 aliphatic rings. The molecule has 1 aromatic carbocycles. The molecule has 1 unspecified atom stereocenters. The number of benzene rings is 1. The van der Waals surface area contributed by atoms with E-state index >= 15 is 0 Å². The maximum atomic E-state index is 4.79. The van der Waals surface area contributed by atoms with Gasteiger partial charge in [0.1, 0.15) is 0 Å². The third kappa shape index (κ3) is 1.37. The molecule has 2 aliphatic heterocycles. The van der Waals surface area contributed by atoms with E-state index in [9.17, 15) is 0 Å². The van der Waals surface area contributed by atoms with Crippen LogP contribution in [0.2, 0.25) is 5.32 Å². The first kappa shape index (κ1) is 8.51. The Balaban J connectivity index is 1.87. The van der Waals surface area contributed by atoms with Crippen molar-refractivity contribution in [3.05, 3.63) is 35.9 Å². The summed E-state index contributed by atoms with van der Waals surface area (Å²) in [6.45, 7) is 2.35. The molecule has 1 atom stereocenters. The van der Waals surface area contributed by atoms with Gasteiger partial charge in [-0.05, 0) is 0 Å². The van der Waals surface area contributed by atoms with E-state index in [1.165, 1.54) is 22.2 Å². The van der Waals surface area contributed by atoms with Gasteiger partial charge < -0.3 is 0 Å². The van der Waals surface area contributed by atoms with Crippen molar-refractivity contribution < 1.29 is 0 Å². The summed E-state index contributed by atoms with van der Waals surface area (Å²) in [6.07, 6.45) is 0. The SMILES string of the molecule is c1ccc(C2CN3CC[Se]C3=N2)cc1. The van der Waals surface area contributed by atoms with Crippen LogP contribution in [-0.4, -0.2) is 37.7 Å². The molecule has 1 fully saturated rings. The fourth-order valence-electron chi connectivity index (χ4n) is 1.96. The molecule has 0 aromatic heterocycles. The summed E-state index contributed by atoms with van der Waals surface area (Å²) >= 11 is 0.656. The van der Waals surface area contributed by atoms with E-state index in [0.29, 0.717) is 21.0 Å². The van der Waals surface area contributed by atoms with Gasteiger partial charge in [-0.15, -0.1) is 0 Å². The molecule has 3 rings (SSSR count). The van der Waals surface area contributed by atoms with Gasteiger partial charge in [-0.25, -0.2) is 0 Å². The average molecular weight is 251 g/mol. The molecule has 1 aromatic rings. The van der Waals surface area contributed by atoms with Gasteiger partial charge >= 0.3 is 89.9 Å².